The Balaban J connectivity index is 1.90. The molecule has 0 saturated heterocycles. The summed E-state index contributed by atoms with van der Waals surface area (Å²) in [6.07, 6.45) is 3.74. The molecule has 0 heterocycles. The van der Waals surface area contributed by atoms with Gasteiger partial charge >= 0.3 is 0 Å². The normalized spacial score (nSPS) is 12.6. The first-order valence-electron chi connectivity index (χ1n) is 13.1. The molecule has 6 nitrogen and oxygen atoms in total. The maximum absolute atomic E-state index is 12.1. The van der Waals surface area contributed by atoms with Crippen LogP contribution in [0.4, 0.5) is 0 Å². The van der Waals surface area contributed by atoms with Crippen LogP contribution in [-0.4, -0.2) is 42.6 Å². The molecule has 2 aromatic carbocycles. The van der Waals surface area contributed by atoms with E-state index < -0.39 is 11.2 Å². The van der Waals surface area contributed by atoms with E-state index in [9.17, 15) is 9.59 Å². The van der Waals surface area contributed by atoms with Gasteiger partial charge in [-0.3, -0.25) is 4.79 Å². The summed E-state index contributed by atoms with van der Waals surface area (Å²) >= 11 is 0. The van der Waals surface area contributed by atoms with Gasteiger partial charge in [-0.25, -0.2) is 0 Å². The fourth-order valence-electron chi connectivity index (χ4n) is 3.77. The summed E-state index contributed by atoms with van der Waals surface area (Å²) in [5, 5.41) is 0. The number of carbonyl (C=O) groups is 2. The highest BCUT2D eigenvalue weighted by Gasteiger charge is 2.28. The molecule has 2 aromatic rings. The average Bonchev–Trinajstić information content (AvgIpc) is 2.89. The average molecular weight is 535 g/mol. The van der Waals surface area contributed by atoms with Crippen LogP contribution in [0.3, 0.4) is 0 Å². The lowest BCUT2D eigenvalue weighted by Gasteiger charge is -2.27. The summed E-state index contributed by atoms with van der Waals surface area (Å²) in [5.41, 5.74) is 0.775. The standard InChI is InChI=1S/C33H42O6/c1-24(2)30(35)33(8,9)37-21-11-10-20-36-28-16-12-26(13-17-28)32(6,7)27-14-18-29(19-15-27)39-25(3)22-38-31(4,5)23-34/h12-19,23,25H,1,11,21-22H2,2-9H3. The van der Waals surface area contributed by atoms with Gasteiger partial charge in [-0.1, -0.05) is 50.6 Å². The molecule has 6 heteroatoms. The third kappa shape index (κ3) is 9.69. The molecule has 1 unspecified atom stereocenters. The summed E-state index contributed by atoms with van der Waals surface area (Å²) in [7, 11) is 0. The third-order valence-corrected chi connectivity index (χ3v) is 6.33. The van der Waals surface area contributed by atoms with Gasteiger partial charge in [0.05, 0.1) is 13.2 Å². The zero-order valence-corrected chi connectivity index (χ0v) is 24.6. The Labute approximate surface area is 233 Å². The van der Waals surface area contributed by atoms with Crippen LogP contribution in [0.5, 0.6) is 11.5 Å². The molecular formula is C33H42O6. The van der Waals surface area contributed by atoms with Gasteiger partial charge < -0.3 is 23.7 Å². The summed E-state index contributed by atoms with van der Waals surface area (Å²) in [5.74, 6) is 4.20. The van der Waals surface area contributed by atoms with Crippen molar-refractivity contribution in [3.63, 3.8) is 0 Å². The Morgan fingerprint density at radius 2 is 1.46 bits per heavy atom. The highest BCUT2D eigenvalue weighted by Crippen LogP contribution is 2.33. The van der Waals surface area contributed by atoms with Crippen molar-refractivity contribution < 1.29 is 28.5 Å². The molecule has 1 atom stereocenters. The summed E-state index contributed by atoms with van der Waals surface area (Å²) in [6.45, 7) is 19.2. The van der Waals surface area contributed by atoms with Crippen molar-refractivity contribution in [2.24, 2.45) is 0 Å². The van der Waals surface area contributed by atoms with Crippen LogP contribution < -0.4 is 9.47 Å². The molecule has 39 heavy (non-hydrogen) atoms. The molecule has 0 saturated carbocycles. The van der Waals surface area contributed by atoms with Crippen molar-refractivity contribution in [2.75, 3.05) is 13.2 Å². The number of ketones is 1. The van der Waals surface area contributed by atoms with E-state index >= 15 is 0 Å². The molecule has 0 aliphatic heterocycles. The Hall–Kier alpha value is -3.40. The number of hydrogen-bond acceptors (Lipinski definition) is 6. The van der Waals surface area contributed by atoms with E-state index in [1.165, 1.54) is 0 Å². The Kier molecular flexibility index (Phi) is 11.1. The Morgan fingerprint density at radius 3 is 1.97 bits per heavy atom. The van der Waals surface area contributed by atoms with Crippen molar-refractivity contribution in [1.29, 1.82) is 0 Å². The molecule has 0 aliphatic carbocycles. The van der Waals surface area contributed by atoms with Gasteiger partial charge in [0, 0.05) is 11.8 Å². The smallest absolute Gasteiger partial charge is 0.189 e. The lowest BCUT2D eigenvalue weighted by atomic mass is 9.78. The monoisotopic (exact) mass is 534 g/mol. The second-order valence-corrected chi connectivity index (χ2v) is 11.2. The van der Waals surface area contributed by atoms with Crippen molar-refractivity contribution in [3.8, 4) is 23.5 Å². The van der Waals surface area contributed by atoms with Crippen LogP contribution >= 0.6 is 0 Å². The maximum Gasteiger partial charge on any atom is 0.189 e. The zero-order valence-electron chi connectivity index (χ0n) is 24.6. The van der Waals surface area contributed by atoms with Crippen LogP contribution in [0.25, 0.3) is 0 Å². The molecule has 0 fully saturated rings. The van der Waals surface area contributed by atoms with Crippen LogP contribution in [0, 0.1) is 12.0 Å². The van der Waals surface area contributed by atoms with Crippen LogP contribution in [-0.2, 0) is 24.5 Å². The van der Waals surface area contributed by atoms with Crippen molar-refractivity contribution in [1.82, 2.24) is 0 Å². The molecule has 0 N–H and O–H groups in total. The second-order valence-electron chi connectivity index (χ2n) is 11.2. The minimum absolute atomic E-state index is 0.115. The van der Waals surface area contributed by atoms with E-state index in [2.05, 4.69) is 44.6 Å². The third-order valence-electron chi connectivity index (χ3n) is 6.33. The molecule has 0 bridgehead atoms. The first kappa shape index (κ1) is 31.8. The number of ether oxygens (including phenoxy) is 4. The van der Waals surface area contributed by atoms with Crippen LogP contribution in [0.1, 0.15) is 72.9 Å². The van der Waals surface area contributed by atoms with E-state index in [0.29, 0.717) is 31.0 Å². The number of Topliss-reactive ketones (excluding diaryl/α,β-unsaturated/α-hetero) is 1. The maximum atomic E-state index is 12.1. The van der Waals surface area contributed by atoms with Crippen molar-refractivity contribution in [3.05, 3.63) is 71.8 Å². The van der Waals surface area contributed by atoms with Gasteiger partial charge in [-0.05, 0) is 82.5 Å². The first-order chi connectivity index (χ1) is 18.2. The minimum atomic E-state index is -0.910. The lowest BCUT2D eigenvalue weighted by molar-refractivity contribution is -0.136. The van der Waals surface area contributed by atoms with Gasteiger partial charge in [0.15, 0.2) is 12.1 Å². The van der Waals surface area contributed by atoms with E-state index in [1.54, 1.807) is 34.6 Å². The van der Waals surface area contributed by atoms with Gasteiger partial charge in [0.25, 0.3) is 0 Å². The Morgan fingerprint density at radius 1 is 0.923 bits per heavy atom. The van der Waals surface area contributed by atoms with E-state index in [4.69, 9.17) is 18.9 Å². The minimum Gasteiger partial charge on any atom is -0.488 e. The predicted octanol–water partition coefficient (Wildman–Crippen LogP) is 6.44. The zero-order chi connectivity index (χ0) is 29.3. The number of carbonyl (C=O) groups excluding carboxylic acids is 2. The second kappa shape index (κ2) is 13.6. The predicted molar refractivity (Wildman–Crippen MR) is 154 cm³/mol. The van der Waals surface area contributed by atoms with E-state index in [-0.39, 0.29) is 17.3 Å². The van der Waals surface area contributed by atoms with Crippen molar-refractivity contribution >= 4 is 12.1 Å². The molecule has 0 spiro atoms. The number of hydrogen-bond donors (Lipinski definition) is 0. The molecule has 0 amide bonds. The van der Waals surface area contributed by atoms with E-state index in [1.807, 2.05) is 43.3 Å². The fraction of sp³-hybridized carbons (Fsp3) is 0.455. The summed E-state index contributed by atoms with van der Waals surface area (Å²) in [6, 6.07) is 15.9. The number of rotatable bonds is 14. The fourth-order valence-corrected chi connectivity index (χ4v) is 3.77. The van der Waals surface area contributed by atoms with Gasteiger partial charge in [-0.2, -0.15) is 0 Å². The van der Waals surface area contributed by atoms with Crippen molar-refractivity contribution in [2.45, 2.75) is 84.5 Å². The van der Waals surface area contributed by atoms with Gasteiger partial charge in [0.2, 0.25) is 0 Å². The highest BCUT2D eigenvalue weighted by atomic mass is 16.5. The first-order valence-corrected chi connectivity index (χ1v) is 13.1. The quantitative estimate of drug-likeness (QED) is 0.120. The van der Waals surface area contributed by atoms with E-state index in [0.717, 1.165) is 23.2 Å². The molecule has 2 rings (SSSR count). The molecule has 0 radical (unpaired) electrons. The van der Waals surface area contributed by atoms with Crippen LogP contribution in [0.15, 0.2) is 60.7 Å². The van der Waals surface area contributed by atoms with Gasteiger partial charge in [-0.15, -0.1) is 0 Å². The SMILES string of the molecule is C=C(C)C(=O)C(C)(C)OCCC#COc1ccc(C(C)(C)c2ccc(OC(C)COC(C)(C)C=O)cc2)cc1. The highest BCUT2D eigenvalue weighted by molar-refractivity contribution is 6.00. The lowest BCUT2D eigenvalue weighted by Crippen LogP contribution is -2.35. The largest absolute Gasteiger partial charge is 0.488 e. The molecule has 0 aromatic heterocycles. The topological polar surface area (TPSA) is 71.1 Å². The van der Waals surface area contributed by atoms with Gasteiger partial charge in [0.1, 0.15) is 34.9 Å². The number of aldehydes is 1. The van der Waals surface area contributed by atoms with Crippen LogP contribution in [0.2, 0.25) is 0 Å². The molecule has 210 valence electrons. The molecule has 0 aliphatic rings. The Bertz CT molecular complexity index is 1180. The number of benzene rings is 2. The summed E-state index contributed by atoms with van der Waals surface area (Å²) < 4.78 is 22.8. The summed E-state index contributed by atoms with van der Waals surface area (Å²) in [4.78, 5) is 23.1. The molecular weight excluding hydrogens is 492 g/mol.